The first-order valence-corrected chi connectivity index (χ1v) is 4.98. The number of hydrogen-bond acceptors (Lipinski definition) is 2. The van der Waals surface area contributed by atoms with Gasteiger partial charge in [0.15, 0.2) is 5.95 Å². The number of aromatic nitrogens is 2. The summed E-state index contributed by atoms with van der Waals surface area (Å²) in [5, 5.41) is 0. The highest BCUT2D eigenvalue weighted by molar-refractivity contribution is 5.18. The maximum Gasteiger partial charge on any atom is 0.200 e. The van der Waals surface area contributed by atoms with Crippen molar-refractivity contribution in [1.29, 1.82) is 0 Å². The highest BCUT2D eigenvalue weighted by Gasteiger charge is 2.31. The Balaban J connectivity index is 2.23. The highest BCUT2D eigenvalue weighted by Crippen LogP contribution is 2.40. The van der Waals surface area contributed by atoms with Gasteiger partial charge in [0, 0.05) is 18.4 Å². The summed E-state index contributed by atoms with van der Waals surface area (Å²) in [5.41, 5.74) is 5.78. The van der Waals surface area contributed by atoms with Crippen molar-refractivity contribution in [2.24, 2.45) is 11.8 Å². The average molecular weight is 179 g/mol. The van der Waals surface area contributed by atoms with E-state index in [9.17, 15) is 0 Å². The minimum atomic E-state index is 0.567. The van der Waals surface area contributed by atoms with Crippen LogP contribution in [0.4, 0.5) is 5.95 Å². The predicted octanol–water partition coefficient (Wildman–Crippen LogP) is 2.07. The molecule has 0 amide bonds. The first-order chi connectivity index (χ1) is 6.20. The largest absolute Gasteiger partial charge is 0.369 e. The first kappa shape index (κ1) is 8.60. The molecule has 1 aromatic rings. The van der Waals surface area contributed by atoms with Crippen LogP contribution in [0.25, 0.3) is 0 Å². The number of rotatable bonds is 1. The Kier molecular flexibility index (Phi) is 2.02. The third kappa shape index (κ3) is 1.32. The van der Waals surface area contributed by atoms with Gasteiger partial charge >= 0.3 is 0 Å². The molecule has 3 nitrogen and oxygen atoms in total. The van der Waals surface area contributed by atoms with E-state index in [4.69, 9.17) is 5.73 Å². The van der Waals surface area contributed by atoms with Gasteiger partial charge in [-0.05, 0) is 24.7 Å². The molecule has 1 saturated carbocycles. The first-order valence-electron chi connectivity index (χ1n) is 4.98. The summed E-state index contributed by atoms with van der Waals surface area (Å²) in [4.78, 5) is 4.06. The molecule has 0 spiro atoms. The standard InChI is InChI=1S/C10H17N3/c1-7-3-4-9(8(7)2)13-6-5-12-10(13)11/h5-9H,3-4H2,1-2H3,(H2,11,12). The molecule has 1 fully saturated rings. The van der Waals surface area contributed by atoms with Crippen molar-refractivity contribution in [3.8, 4) is 0 Å². The second-order valence-corrected chi connectivity index (χ2v) is 4.17. The van der Waals surface area contributed by atoms with Crippen LogP contribution in [0, 0.1) is 11.8 Å². The van der Waals surface area contributed by atoms with E-state index in [-0.39, 0.29) is 0 Å². The molecule has 72 valence electrons. The van der Waals surface area contributed by atoms with Gasteiger partial charge in [0.25, 0.3) is 0 Å². The molecule has 1 aromatic heterocycles. The van der Waals surface area contributed by atoms with Crippen molar-refractivity contribution in [1.82, 2.24) is 9.55 Å². The Hall–Kier alpha value is -0.990. The topological polar surface area (TPSA) is 43.8 Å². The van der Waals surface area contributed by atoms with E-state index in [1.807, 2.05) is 6.20 Å². The van der Waals surface area contributed by atoms with Crippen LogP contribution in [0.5, 0.6) is 0 Å². The van der Waals surface area contributed by atoms with Crippen LogP contribution in [-0.4, -0.2) is 9.55 Å². The van der Waals surface area contributed by atoms with E-state index in [0.29, 0.717) is 12.0 Å². The van der Waals surface area contributed by atoms with Gasteiger partial charge in [-0.25, -0.2) is 4.98 Å². The fourth-order valence-electron chi connectivity index (χ4n) is 2.34. The number of nitrogens with zero attached hydrogens (tertiary/aromatic N) is 2. The lowest BCUT2D eigenvalue weighted by Crippen LogP contribution is -2.15. The van der Waals surface area contributed by atoms with E-state index < -0.39 is 0 Å². The molecule has 13 heavy (non-hydrogen) atoms. The molecule has 1 aliphatic rings. The number of nitrogen functional groups attached to an aromatic ring is 1. The fourth-order valence-corrected chi connectivity index (χ4v) is 2.34. The number of anilines is 1. The maximum absolute atomic E-state index is 5.78. The maximum atomic E-state index is 5.78. The molecule has 0 bridgehead atoms. The highest BCUT2D eigenvalue weighted by atomic mass is 15.2. The molecule has 2 rings (SSSR count). The van der Waals surface area contributed by atoms with Crippen LogP contribution < -0.4 is 5.73 Å². The summed E-state index contributed by atoms with van der Waals surface area (Å²) < 4.78 is 2.12. The van der Waals surface area contributed by atoms with Crippen molar-refractivity contribution >= 4 is 5.95 Å². The minimum Gasteiger partial charge on any atom is -0.369 e. The van der Waals surface area contributed by atoms with Crippen molar-refractivity contribution in [2.75, 3.05) is 5.73 Å². The van der Waals surface area contributed by atoms with Gasteiger partial charge in [-0.15, -0.1) is 0 Å². The molecule has 0 radical (unpaired) electrons. The quantitative estimate of drug-likeness (QED) is 0.717. The molecule has 1 aliphatic carbocycles. The van der Waals surface area contributed by atoms with Gasteiger partial charge in [0.05, 0.1) is 0 Å². The minimum absolute atomic E-state index is 0.567. The zero-order chi connectivity index (χ0) is 9.42. The molecule has 0 saturated heterocycles. The van der Waals surface area contributed by atoms with Gasteiger partial charge in [-0.3, -0.25) is 0 Å². The van der Waals surface area contributed by atoms with E-state index in [0.717, 1.165) is 11.8 Å². The monoisotopic (exact) mass is 179 g/mol. The van der Waals surface area contributed by atoms with Gasteiger partial charge in [-0.2, -0.15) is 0 Å². The third-order valence-electron chi connectivity index (χ3n) is 3.48. The normalized spacial score (nSPS) is 33.8. The Morgan fingerprint density at radius 3 is 2.69 bits per heavy atom. The van der Waals surface area contributed by atoms with Crippen molar-refractivity contribution in [3.05, 3.63) is 12.4 Å². The molecule has 3 unspecified atom stereocenters. The van der Waals surface area contributed by atoms with Crippen molar-refractivity contribution in [2.45, 2.75) is 32.7 Å². The Morgan fingerprint density at radius 2 is 2.23 bits per heavy atom. The third-order valence-corrected chi connectivity index (χ3v) is 3.48. The lowest BCUT2D eigenvalue weighted by Gasteiger charge is -2.20. The number of nitrogens with two attached hydrogens (primary N) is 1. The summed E-state index contributed by atoms with van der Waals surface area (Å²) >= 11 is 0. The lowest BCUT2D eigenvalue weighted by molar-refractivity contribution is 0.356. The van der Waals surface area contributed by atoms with E-state index in [1.165, 1.54) is 12.8 Å². The lowest BCUT2D eigenvalue weighted by atomic mass is 9.98. The molecule has 1 heterocycles. The van der Waals surface area contributed by atoms with Crippen LogP contribution in [-0.2, 0) is 0 Å². The molecule has 2 N–H and O–H groups in total. The van der Waals surface area contributed by atoms with Gasteiger partial charge in [0.1, 0.15) is 0 Å². The Morgan fingerprint density at radius 1 is 1.46 bits per heavy atom. The summed E-state index contributed by atoms with van der Waals surface area (Å²) in [7, 11) is 0. The second-order valence-electron chi connectivity index (χ2n) is 4.17. The second kappa shape index (κ2) is 3.05. The molecule has 3 atom stereocenters. The average Bonchev–Trinajstić information content (AvgIpc) is 2.62. The van der Waals surface area contributed by atoms with E-state index in [1.54, 1.807) is 6.20 Å². The SMILES string of the molecule is CC1CCC(n2ccnc2N)C1C. The zero-order valence-electron chi connectivity index (χ0n) is 8.27. The Bertz CT molecular complexity index is 292. The molecule has 0 aliphatic heterocycles. The van der Waals surface area contributed by atoms with Gasteiger partial charge in [-0.1, -0.05) is 13.8 Å². The van der Waals surface area contributed by atoms with Gasteiger partial charge in [0.2, 0.25) is 0 Å². The van der Waals surface area contributed by atoms with Crippen LogP contribution in [0.1, 0.15) is 32.7 Å². The summed E-state index contributed by atoms with van der Waals surface area (Å²) in [6.45, 7) is 4.62. The van der Waals surface area contributed by atoms with Crippen molar-refractivity contribution < 1.29 is 0 Å². The Labute approximate surface area is 79.0 Å². The summed E-state index contributed by atoms with van der Waals surface area (Å²) in [5.74, 6) is 2.19. The molecular weight excluding hydrogens is 162 g/mol. The van der Waals surface area contributed by atoms with Crippen molar-refractivity contribution in [3.63, 3.8) is 0 Å². The zero-order valence-corrected chi connectivity index (χ0v) is 8.27. The fraction of sp³-hybridized carbons (Fsp3) is 0.700. The van der Waals surface area contributed by atoms with E-state index >= 15 is 0 Å². The van der Waals surface area contributed by atoms with Crippen LogP contribution in [0.2, 0.25) is 0 Å². The number of imidazole rings is 1. The molecule has 3 heteroatoms. The summed E-state index contributed by atoms with van der Waals surface area (Å²) in [6.07, 6.45) is 6.33. The van der Waals surface area contributed by atoms with E-state index in [2.05, 4.69) is 23.4 Å². The smallest absolute Gasteiger partial charge is 0.200 e. The molecular formula is C10H17N3. The van der Waals surface area contributed by atoms with Crippen LogP contribution in [0.3, 0.4) is 0 Å². The molecule has 0 aromatic carbocycles. The number of hydrogen-bond donors (Lipinski definition) is 1. The summed E-state index contributed by atoms with van der Waals surface area (Å²) in [6, 6.07) is 0.567. The van der Waals surface area contributed by atoms with Crippen LogP contribution in [0.15, 0.2) is 12.4 Å². The predicted molar refractivity (Wildman–Crippen MR) is 53.2 cm³/mol. The van der Waals surface area contributed by atoms with Gasteiger partial charge < -0.3 is 10.3 Å². The van der Waals surface area contributed by atoms with Crippen LogP contribution >= 0.6 is 0 Å².